The van der Waals surface area contributed by atoms with Crippen LogP contribution in [0.2, 0.25) is 0 Å². The van der Waals surface area contributed by atoms with E-state index in [1.165, 1.54) is 16.7 Å². The van der Waals surface area contributed by atoms with Crippen LogP contribution >= 0.6 is 0 Å². The summed E-state index contributed by atoms with van der Waals surface area (Å²) in [5.41, 5.74) is 4.30. The van der Waals surface area contributed by atoms with Gasteiger partial charge in [0.15, 0.2) is 0 Å². The second-order valence-corrected chi connectivity index (χ2v) is 10.5. The molecule has 2 heterocycles. The molecule has 0 aliphatic carbocycles. The topological polar surface area (TPSA) is 24.9 Å². The Morgan fingerprint density at radius 3 is 1.97 bits per heavy atom. The number of ether oxygens (including phenoxy) is 2. The molecule has 0 atom stereocenters. The zero-order chi connectivity index (χ0) is 24.1. The summed E-state index contributed by atoms with van der Waals surface area (Å²) in [4.78, 5) is 4.87. The van der Waals surface area contributed by atoms with Gasteiger partial charge in [0.1, 0.15) is 5.75 Å². The standard InChI is InChI=1S/C31H38N2O2/c1-32(2)24-31(17-19-34-20-18-31)28-13-15-29(16-14-28)35-23-25-21-33(22-25)30(26-9-5-3-6-10-26)27-11-7-4-8-12-27/h3-16,25,30H,17-24H2,1-2H3. The van der Waals surface area contributed by atoms with E-state index in [0.717, 1.165) is 58.0 Å². The number of benzene rings is 3. The molecule has 4 nitrogen and oxygen atoms in total. The average molecular weight is 471 g/mol. The van der Waals surface area contributed by atoms with Crippen LogP contribution in [-0.4, -0.2) is 63.4 Å². The molecule has 0 aromatic heterocycles. The lowest BCUT2D eigenvalue weighted by molar-refractivity contribution is 0.0375. The monoisotopic (exact) mass is 470 g/mol. The molecule has 0 unspecified atom stereocenters. The summed E-state index contributed by atoms with van der Waals surface area (Å²) in [5.74, 6) is 1.53. The van der Waals surface area contributed by atoms with Crippen LogP contribution in [0, 0.1) is 5.92 Å². The summed E-state index contributed by atoms with van der Waals surface area (Å²) >= 11 is 0. The van der Waals surface area contributed by atoms with E-state index in [2.05, 4.69) is 109 Å². The van der Waals surface area contributed by atoms with Crippen molar-refractivity contribution in [3.8, 4) is 5.75 Å². The maximum Gasteiger partial charge on any atom is 0.119 e. The van der Waals surface area contributed by atoms with Crippen LogP contribution in [0.5, 0.6) is 5.75 Å². The van der Waals surface area contributed by atoms with E-state index in [1.54, 1.807) is 0 Å². The summed E-state index contributed by atoms with van der Waals surface area (Å²) in [6, 6.07) is 30.9. The summed E-state index contributed by atoms with van der Waals surface area (Å²) in [5, 5.41) is 0. The third kappa shape index (κ3) is 5.61. The Morgan fingerprint density at radius 1 is 0.857 bits per heavy atom. The van der Waals surface area contributed by atoms with Gasteiger partial charge in [0, 0.05) is 44.2 Å². The zero-order valence-corrected chi connectivity index (χ0v) is 21.1. The Kier molecular flexibility index (Phi) is 7.52. The molecule has 0 N–H and O–H groups in total. The SMILES string of the molecule is CN(C)CC1(c2ccc(OCC3CN(C(c4ccccc4)c4ccccc4)C3)cc2)CCOCC1. The third-order valence-electron chi connectivity index (χ3n) is 7.60. The van der Waals surface area contributed by atoms with Gasteiger partial charge in [-0.15, -0.1) is 0 Å². The van der Waals surface area contributed by atoms with E-state index >= 15 is 0 Å². The van der Waals surface area contributed by atoms with E-state index in [-0.39, 0.29) is 5.41 Å². The maximum absolute atomic E-state index is 6.24. The van der Waals surface area contributed by atoms with Gasteiger partial charge in [-0.1, -0.05) is 72.8 Å². The van der Waals surface area contributed by atoms with Crippen LogP contribution in [0.4, 0.5) is 0 Å². The lowest BCUT2D eigenvalue weighted by Gasteiger charge is -2.44. The number of hydrogen-bond acceptors (Lipinski definition) is 4. The van der Waals surface area contributed by atoms with E-state index in [1.807, 2.05) is 0 Å². The molecule has 2 aliphatic rings. The highest BCUT2D eigenvalue weighted by atomic mass is 16.5. The van der Waals surface area contributed by atoms with Crippen molar-refractivity contribution in [1.29, 1.82) is 0 Å². The Hall–Kier alpha value is -2.66. The molecule has 4 heteroatoms. The van der Waals surface area contributed by atoms with Gasteiger partial charge in [-0.05, 0) is 55.8 Å². The maximum atomic E-state index is 6.24. The fourth-order valence-electron chi connectivity index (χ4n) is 5.84. The fourth-order valence-corrected chi connectivity index (χ4v) is 5.84. The van der Waals surface area contributed by atoms with Crippen molar-refractivity contribution >= 4 is 0 Å². The van der Waals surface area contributed by atoms with Crippen molar-refractivity contribution in [2.75, 3.05) is 53.6 Å². The van der Waals surface area contributed by atoms with Crippen molar-refractivity contribution in [3.63, 3.8) is 0 Å². The number of nitrogens with zero attached hydrogens (tertiary/aromatic N) is 2. The highest BCUT2D eigenvalue weighted by molar-refractivity contribution is 5.34. The van der Waals surface area contributed by atoms with E-state index in [9.17, 15) is 0 Å². The van der Waals surface area contributed by atoms with Crippen molar-refractivity contribution in [2.24, 2.45) is 5.92 Å². The second-order valence-electron chi connectivity index (χ2n) is 10.5. The molecule has 2 saturated heterocycles. The van der Waals surface area contributed by atoms with Gasteiger partial charge in [-0.3, -0.25) is 4.90 Å². The van der Waals surface area contributed by atoms with Gasteiger partial charge in [-0.2, -0.15) is 0 Å². The van der Waals surface area contributed by atoms with Gasteiger partial charge in [-0.25, -0.2) is 0 Å². The number of likely N-dealkylation sites (tertiary alicyclic amines) is 1. The molecule has 35 heavy (non-hydrogen) atoms. The predicted molar refractivity (Wildman–Crippen MR) is 142 cm³/mol. The minimum atomic E-state index is 0.179. The van der Waals surface area contributed by atoms with Crippen LogP contribution in [-0.2, 0) is 10.2 Å². The van der Waals surface area contributed by atoms with E-state index in [0.29, 0.717) is 12.0 Å². The molecule has 0 saturated carbocycles. The summed E-state index contributed by atoms with van der Waals surface area (Å²) in [6.07, 6.45) is 2.15. The van der Waals surface area contributed by atoms with Gasteiger partial charge < -0.3 is 14.4 Å². The molecule has 3 aromatic rings. The van der Waals surface area contributed by atoms with Gasteiger partial charge in [0.2, 0.25) is 0 Å². The molecule has 5 rings (SSSR count). The second kappa shape index (κ2) is 10.9. The highest BCUT2D eigenvalue weighted by Crippen LogP contribution is 2.37. The first-order valence-electron chi connectivity index (χ1n) is 12.9. The Labute approximate surface area is 210 Å². The first kappa shape index (κ1) is 24.1. The van der Waals surface area contributed by atoms with E-state index in [4.69, 9.17) is 9.47 Å². The van der Waals surface area contributed by atoms with Crippen LogP contribution in [0.1, 0.15) is 35.6 Å². The van der Waals surface area contributed by atoms with Gasteiger partial charge in [0.25, 0.3) is 0 Å². The third-order valence-corrected chi connectivity index (χ3v) is 7.60. The van der Waals surface area contributed by atoms with Crippen molar-refractivity contribution in [1.82, 2.24) is 9.80 Å². The number of hydrogen-bond donors (Lipinski definition) is 0. The molecular weight excluding hydrogens is 432 g/mol. The van der Waals surface area contributed by atoms with E-state index < -0.39 is 0 Å². The Balaban J connectivity index is 1.19. The van der Waals surface area contributed by atoms with Crippen LogP contribution in [0.3, 0.4) is 0 Å². The number of likely N-dealkylation sites (N-methyl/N-ethyl adjacent to an activating group) is 1. The normalized spacial score (nSPS) is 18.5. The average Bonchev–Trinajstić information content (AvgIpc) is 2.87. The Bertz CT molecular complexity index is 1000. The summed E-state index contributed by atoms with van der Waals surface area (Å²) in [7, 11) is 4.33. The summed E-state index contributed by atoms with van der Waals surface area (Å²) in [6.45, 7) is 5.62. The number of rotatable bonds is 9. The van der Waals surface area contributed by atoms with Gasteiger partial charge >= 0.3 is 0 Å². The van der Waals surface area contributed by atoms with Gasteiger partial charge in [0.05, 0.1) is 12.6 Å². The minimum absolute atomic E-state index is 0.179. The Morgan fingerprint density at radius 2 is 1.43 bits per heavy atom. The molecule has 0 amide bonds. The fraction of sp³-hybridized carbons (Fsp3) is 0.419. The quantitative estimate of drug-likeness (QED) is 0.418. The smallest absolute Gasteiger partial charge is 0.119 e. The van der Waals surface area contributed by atoms with Crippen LogP contribution in [0.25, 0.3) is 0 Å². The lowest BCUT2D eigenvalue weighted by atomic mass is 9.74. The molecule has 0 radical (unpaired) electrons. The molecule has 3 aromatic carbocycles. The molecular formula is C31H38N2O2. The van der Waals surface area contributed by atoms with Crippen LogP contribution < -0.4 is 4.74 Å². The largest absolute Gasteiger partial charge is 0.493 e. The molecule has 2 fully saturated rings. The lowest BCUT2D eigenvalue weighted by Crippen LogP contribution is -2.50. The molecule has 184 valence electrons. The molecule has 0 spiro atoms. The molecule has 2 aliphatic heterocycles. The van der Waals surface area contributed by atoms with Crippen molar-refractivity contribution in [3.05, 3.63) is 102 Å². The highest BCUT2D eigenvalue weighted by Gasteiger charge is 2.36. The van der Waals surface area contributed by atoms with Crippen molar-refractivity contribution < 1.29 is 9.47 Å². The predicted octanol–water partition coefficient (Wildman–Crippen LogP) is 5.40. The zero-order valence-electron chi connectivity index (χ0n) is 21.1. The first-order valence-corrected chi connectivity index (χ1v) is 12.9. The summed E-state index contributed by atoms with van der Waals surface area (Å²) < 4.78 is 11.9. The minimum Gasteiger partial charge on any atom is -0.493 e. The first-order chi connectivity index (χ1) is 17.1. The molecule has 0 bridgehead atoms. The van der Waals surface area contributed by atoms with Crippen molar-refractivity contribution in [2.45, 2.75) is 24.3 Å². The van der Waals surface area contributed by atoms with Crippen LogP contribution in [0.15, 0.2) is 84.9 Å².